The van der Waals surface area contributed by atoms with Gasteiger partial charge >= 0.3 is 0 Å². The summed E-state index contributed by atoms with van der Waals surface area (Å²) in [6.45, 7) is 7.56. The van der Waals surface area contributed by atoms with Crippen molar-refractivity contribution in [3.05, 3.63) is 46.2 Å². The van der Waals surface area contributed by atoms with Crippen molar-refractivity contribution < 1.29 is 14.2 Å². The number of thiophene rings is 1. The van der Waals surface area contributed by atoms with E-state index in [4.69, 9.17) is 19.2 Å². The first-order chi connectivity index (χ1) is 14.7. The highest BCUT2D eigenvalue weighted by Gasteiger charge is 2.24. The van der Waals surface area contributed by atoms with Gasteiger partial charge in [-0.25, -0.2) is 4.99 Å². The molecule has 2 aromatic rings. The SMILES string of the molecule is CCNC(=NCc1ccsc1)NCC(c1ccc(OC)c(OC)c1)N1CCOCC1. The Morgan fingerprint density at radius 2 is 1.97 bits per heavy atom. The molecule has 0 radical (unpaired) electrons. The summed E-state index contributed by atoms with van der Waals surface area (Å²) in [6.07, 6.45) is 0. The van der Waals surface area contributed by atoms with Crippen LogP contribution in [0.5, 0.6) is 11.5 Å². The highest BCUT2D eigenvalue weighted by molar-refractivity contribution is 7.07. The highest BCUT2D eigenvalue weighted by Crippen LogP contribution is 2.32. The summed E-state index contributed by atoms with van der Waals surface area (Å²) in [7, 11) is 3.33. The van der Waals surface area contributed by atoms with Crippen LogP contribution in [0.25, 0.3) is 0 Å². The first-order valence-corrected chi connectivity index (χ1v) is 11.3. The summed E-state index contributed by atoms with van der Waals surface area (Å²) in [5.74, 6) is 2.30. The zero-order valence-electron chi connectivity index (χ0n) is 18.0. The monoisotopic (exact) mass is 432 g/mol. The van der Waals surface area contributed by atoms with Gasteiger partial charge in [0.15, 0.2) is 17.5 Å². The predicted molar refractivity (Wildman–Crippen MR) is 122 cm³/mol. The van der Waals surface area contributed by atoms with Crippen molar-refractivity contribution in [3.63, 3.8) is 0 Å². The average Bonchev–Trinajstić information content (AvgIpc) is 3.31. The van der Waals surface area contributed by atoms with Gasteiger partial charge in [-0.3, -0.25) is 4.90 Å². The Kier molecular flexibility index (Phi) is 8.80. The number of methoxy groups -OCH3 is 2. The minimum Gasteiger partial charge on any atom is -0.493 e. The van der Waals surface area contributed by atoms with Crippen molar-refractivity contribution >= 4 is 17.3 Å². The van der Waals surface area contributed by atoms with Crippen LogP contribution in [0.15, 0.2) is 40.0 Å². The van der Waals surface area contributed by atoms with E-state index in [9.17, 15) is 0 Å². The van der Waals surface area contributed by atoms with Crippen LogP contribution < -0.4 is 20.1 Å². The largest absolute Gasteiger partial charge is 0.493 e. The lowest BCUT2D eigenvalue weighted by Gasteiger charge is -2.35. The summed E-state index contributed by atoms with van der Waals surface area (Å²) in [4.78, 5) is 7.19. The smallest absolute Gasteiger partial charge is 0.191 e. The predicted octanol–water partition coefficient (Wildman–Crippen LogP) is 2.89. The van der Waals surface area contributed by atoms with Crippen LogP contribution in [-0.4, -0.2) is 64.5 Å². The number of nitrogens with zero attached hydrogens (tertiary/aromatic N) is 2. The third-order valence-electron chi connectivity index (χ3n) is 5.09. The number of guanidine groups is 1. The molecule has 30 heavy (non-hydrogen) atoms. The Hall–Kier alpha value is -2.29. The molecule has 0 saturated carbocycles. The van der Waals surface area contributed by atoms with Crippen LogP contribution in [0.2, 0.25) is 0 Å². The van der Waals surface area contributed by atoms with Gasteiger partial charge in [-0.2, -0.15) is 11.3 Å². The van der Waals surface area contributed by atoms with Crippen molar-refractivity contribution in [2.75, 3.05) is 53.6 Å². The maximum atomic E-state index is 5.57. The summed E-state index contributed by atoms with van der Waals surface area (Å²) in [5.41, 5.74) is 2.40. The van der Waals surface area contributed by atoms with Crippen molar-refractivity contribution in [2.45, 2.75) is 19.5 Å². The average molecular weight is 433 g/mol. The van der Waals surface area contributed by atoms with Crippen LogP contribution in [-0.2, 0) is 11.3 Å². The maximum Gasteiger partial charge on any atom is 0.191 e. The molecule has 1 atom stereocenters. The molecule has 1 aromatic carbocycles. The normalized spacial score (nSPS) is 16.2. The van der Waals surface area contributed by atoms with E-state index in [1.165, 1.54) is 11.1 Å². The van der Waals surface area contributed by atoms with Gasteiger partial charge in [0.05, 0.1) is 40.0 Å². The molecule has 1 unspecified atom stereocenters. The first-order valence-electron chi connectivity index (χ1n) is 10.3. The number of morpholine rings is 1. The topological polar surface area (TPSA) is 67.4 Å². The van der Waals surface area contributed by atoms with E-state index in [1.54, 1.807) is 25.6 Å². The lowest BCUT2D eigenvalue weighted by Crippen LogP contribution is -2.46. The summed E-state index contributed by atoms with van der Waals surface area (Å²) in [6, 6.07) is 8.42. The zero-order valence-corrected chi connectivity index (χ0v) is 18.8. The van der Waals surface area contributed by atoms with E-state index in [1.807, 2.05) is 6.07 Å². The number of ether oxygens (including phenoxy) is 3. The van der Waals surface area contributed by atoms with E-state index in [0.717, 1.165) is 56.9 Å². The molecule has 2 heterocycles. The molecule has 0 bridgehead atoms. The second-order valence-electron chi connectivity index (χ2n) is 6.99. The molecule has 8 heteroatoms. The molecule has 1 aliphatic rings. The molecule has 0 aliphatic carbocycles. The van der Waals surface area contributed by atoms with Gasteiger partial charge in [-0.05, 0) is 47.0 Å². The number of hydrogen-bond donors (Lipinski definition) is 2. The molecule has 7 nitrogen and oxygen atoms in total. The molecule has 3 rings (SSSR count). The van der Waals surface area contributed by atoms with E-state index < -0.39 is 0 Å². The number of hydrogen-bond acceptors (Lipinski definition) is 6. The lowest BCUT2D eigenvalue weighted by atomic mass is 10.0. The van der Waals surface area contributed by atoms with Gasteiger partial charge < -0.3 is 24.8 Å². The highest BCUT2D eigenvalue weighted by atomic mass is 32.1. The van der Waals surface area contributed by atoms with E-state index in [0.29, 0.717) is 6.54 Å². The Bertz CT molecular complexity index is 792. The Morgan fingerprint density at radius 3 is 2.63 bits per heavy atom. The van der Waals surface area contributed by atoms with E-state index >= 15 is 0 Å². The van der Waals surface area contributed by atoms with E-state index in [-0.39, 0.29) is 6.04 Å². The van der Waals surface area contributed by atoms with Crippen LogP contribution in [0, 0.1) is 0 Å². The van der Waals surface area contributed by atoms with Crippen molar-refractivity contribution in [1.29, 1.82) is 0 Å². The maximum absolute atomic E-state index is 5.57. The standard InChI is InChI=1S/C22H32N4O3S/c1-4-23-22(24-14-17-7-12-30-16-17)25-15-19(26-8-10-29-11-9-26)18-5-6-20(27-2)21(13-18)28-3/h5-7,12-13,16,19H,4,8-11,14-15H2,1-3H3,(H2,23,24,25). The summed E-state index contributed by atoms with van der Waals surface area (Å²) >= 11 is 1.69. The van der Waals surface area contributed by atoms with Gasteiger partial charge in [0.25, 0.3) is 0 Å². The second kappa shape index (κ2) is 11.8. The molecular weight excluding hydrogens is 400 g/mol. The molecule has 1 aromatic heterocycles. The van der Waals surface area contributed by atoms with Crippen LogP contribution in [0.4, 0.5) is 0 Å². The molecule has 2 N–H and O–H groups in total. The quantitative estimate of drug-likeness (QED) is 0.469. The third kappa shape index (κ3) is 6.10. The lowest BCUT2D eigenvalue weighted by molar-refractivity contribution is 0.0169. The Balaban J connectivity index is 1.77. The van der Waals surface area contributed by atoms with Crippen LogP contribution in [0.3, 0.4) is 0 Å². The molecule has 0 spiro atoms. The van der Waals surface area contributed by atoms with Crippen molar-refractivity contribution in [3.8, 4) is 11.5 Å². The van der Waals surface area contributed by atoms with Gasteiger partial charge in [0, 0.05) is 26.2 Å². The minimum absolute atomic E-state index is 0.165. The second-order valence-corrected chi connectivity index (χ2v) is 7.77. The summed E-state index contributed by atoms with van der Waals surface area (Å²) < 4.78 is 16.5. The van der Waals surface area contributed by atoms with Gasteiger partial charge in [0.1, 0.15) is 0 Å². The van der Waals surface area contributed by atoms with Crippen molar-refractivity contribution in [2.24, 2.45) is 4.99 Å². The van der Waals surface area contributed by atoms with Crippen LogP contribution in [0.1, 0.15) is 24.1 Å². The van der Waals surface area contributed by atoms with E-state index in [2.05, 4.69) is 51.4 Å². The fourth-order valence-electron chi connectivity index (χ4n) is 3.50. The van der Waals surface area contributed by atoms with Gasteiger partial charge in [-0.1, -0.05) is 6.07 Å². The number of nitrogens with one attached hydrogen (secondary N) is 2. The number of benzene rings is 1. The first kappa shape index (κ1) is 22.4. The molecule has 164 valence electrons. The molecular formula is C22H32N4O3S. The molecule has 0 amide bonds. The Labute approximate surface area is 183 Å². The Morgan fingerprint density at radius 1 is 1.17 bits per heavy atom. The minimum atomic E-state index is 0.165. The van der Waals surface area contributed by atoms with Crippen LogP contribution >= 0.6 is 11.3 Å². The molecule has 1 saturated heterocycles. The van der Waals surface area contributed by atoms with Gasteiger partial charge in [0.2, 0.25) is 0 Å². The molecule has 1 aliphatic heterocycles. The van der Waals surface area contributed by atoms with Gasteiger partial charge in [-0.15, -0.1) is 0 Å². The third-order valence-corrected chi connectivity index (χ3v) is 5.82. The zero-order chi connectivity index (χ0) is 21.2. The fraction of sp³-hybridized carbons (Fsp3) is 0.500. The fourth-order valence-corrected chi connectivity index (χ4v) is 4.15. The number of rotatable bonds is 9. The van der Waals surface area contributed by atoms with Crippen molar-refractivity contribution in [1.82, 2.24) is 15.5 Å². The summed E-state index contributed by atoms with van der Waals surface area (Å²) in [5, 5.41) is 11.1. The molecule has 1 fully saturated rings. The number of aliphatic imine (C=N–C) groups is 1.